The van der Waals surface area contributed by atoms with E-state index in [9.17, 15) is 18.0 Å². The zero-order chi connectivity index (χ0) is 25.6. The summed E-state index contributed by atoms with van der Waals surface area (Å²) < 4.78 is 51.9. The van der Waals surface area contributed by atoms with Gasteiger partial charge in [0.25, 0.3) is 0 Å². The Bertz CT molecular complexity index is 1170. The molecule has 3 rings (SSSR count). The number of rotatable bonds is 7. The summed E-state index contributed by atoms with van der Waals surface area (Å²) in [6, 6.07) is 19.1. The number of ether oxygens (including phenoxy) is 3. The average Bonchev–Trinajstić information content (AvgIpc) is 2.80. The predicted octanol–water partition coefficient (Wildman–Crippen LogP) is 7.31. The summed E-state index contributed by atoms with van der Waals surface area (Å²) in [5, 5.41) is 0. The molecule has 4 nitrogen and oxygen atoms in total. The number of esters is 1. The van der Waals surface area contributed by atoms with E-state index in [-0.39, 0.29) is 11.2 Å². The van der Waals surface area contributed by atoms with E-state index in [4.69, 9.17) is 4.74 Å². The van der Waals surface area contributed by atoms with Crippen LogP contribution in [-0.2, 0) is 21.6 Å². The summed E-state index contributed by atoms with van der Waals surface area (Å²) in [7, 11) is 1.28. The molecule has 3 aromatic carbocycles. The van der Waals surface area contributed by atoms with Gasteiger partial charge in [-0.2, -0.15) is 0 Å². The molecule has 0 heterocycles. The lowest BCUT2D eigenvalue weighted by Gasteiger charge is -2.19. The summed E-state index contributed by atoms with van der Waals surface area (Å²) in [6.07, 6.45) is -1.89. The lowest BCUT2D eigenvalue weighted by atomic mass is 9.87. The minimum atomic E-state index is -4.75. The van der Waals surface area contributed by atoms with E-state index in [2.05, 4.69) is 42.4 Å². The molecule has 0 amide bonds. The van der Waals surface area contributed by atoms with Crippen molar-refractivity contribution in [2.75, 3.05) is 7.11 Å². The number of methoxy groups -OCH3 is 1. The number of halogens is 3. The van der Waals surface area contributed by atoms with Gasteiger partial charge in [-0.1, -0.05) is 63.2 Å². The maximum absolute atomic E-state index is 12.4. The fourth-order valence-electron chi connectivity index (χ4n) is 3.33. The number of carbonyl (C=O) groups excluding carboxylic acids is 1. The first kappa shape index (κ1) is 25.9. The summed E-state index contributed by atoms with van der Waals surface area (Å²) in [5.41, 5.74) is 4.29. The van der Waals surface area contributed by atoms with Crippen molar-refractivity contribution < 1.29 is 32.2 Å². The first-order valence-electron chi connectivity index (χ1n) is 10.9. The van der Waals surface area contributed by atoms with Crippen molar-refractivity contribution in [3.63, 3.8) is 0 Å². The van der Waals surface area contributed by atoms with Crippen molar-refractivity contribution in [3.05, 3.63) is 89.5 Å². The van der Waals surface area contributed by atoms with E-state index in [0.29, 0.717) is 23.5 Å². The highest BCUT2D eigenvalue weighted by molar-refractivity contribution is 5.88. The molecule has 0 unspecified atom stereocenters. The lowest BCUT2D eigenvalue weighted by Crippen LogP contribution is -2.16. The molecule has 184 valence electrons. The zero-order valence-corrected chi connectivity index (χ0v) is 20.0. The summed E-state index contributed by atoms with van der Waals surface area (Å²) in [4.78, 5) is 11.6. The average molecular weight is 485 g/mol. The molecule has 0 saturated carbocycles. The van der Waals surface area contributed by atoms with E-state index in [1.165, 1.54) is 43.0 Å². The quantitative estimate of drug-likeness (QED) is 0.260. The minimum absolute atomic E-state index is 0.0537. The van der Waals surface area contributed by atoms with Crippen molar-refractivity contribution in [2.24, 2.45) is 0 Å². The molecule has 0 bridgehead atoms. The number of benzene rings is 3. The van der Waals surface area contributed by atoms with Gasteiger partial charge in [-0.25, -0.2) is 4.79 Å². The second-order valence-electron chi connectivity index (χ2n) is 8.92. The van der Waals surface area contributed by atoms with Gasteiger partial charge in [0.2, 0.25) is 0 Å². The van der Waals surface area contributed by atoms with E-state index in [1.54, 1.807) is 24.3 Å². The SMILES string of the molecule is COC(=O)/C=C\c1cc(-c2ccc(OC(F)(F)F)cc2)ccc1OCc1ccc(C(C)(C)C)cc1. The Kier molecular flexibility index (Phi) is 7.89. The Morgan fingerprint density at radius 2 is 1.51 bits per heavy atom. The van der Waals surface area contributed by atoms with E-state index in [0.717, 1.165) is 11.1 Å². The lowest BCUT2D eigenvalue weighted by molar-refractivity contribution is -0.274. The molecule has 0 atom stereocenters. The Hall–Kier alpha value is -3.74. The zero-order valence-electron chi connectivity index (χ0n) is 20.0. The van der Waals surface area contributed by atoms with Crippen LogP contribution in [-0.4, -0.2) is 19.4 Å². The topological polar surface area (TPSA) is 44.8 Å². The van der Waals surface area contributed by atoms with Crippen LogP contribution >= 0.6 is 0 Å². The maximum Gasteiger partial charge on any atom is 0.573 e. The maximum atomic E-state index is 12.4. The van der Waals surface area contributed by atoms with Crippen LogP contribution in [0.25, 0.3) is 17.2 Å². The molecule has 3 aromatic rings. The van der Waals surface area contributed by atoms with Crippen LogP contribution in [0.2, 0.25) is 0 Å². The van der Waals surface area contributed by atoms with Gasteiger partial charge in [-0.05, 0) is 58.0 Å². The molecular weight excluding hydrogens is 457 g/mol. The number of hydrogen-bond donors (Lipinski definition) is 0. The number of alkyl halides is 3. The first-order chi connectivity index (χ1) is 16.4. The van der Waals surface area contributed by atoms with Gasteiger partial charge in [-0.15, -0.1) is 13.2 Å². The summed E-state index contributed by atoms with van der Waals surface area (Å²) in [5.74, 6) is -0.275. The third-order valence-electron chi connectivity index (χ3n) is 5.25. The Balaban J connectivity index is 1.83. The van der Waals surface area contributed by atoms with Crippen LogP contribution < -0.4 is 9.47 Å². The Labute approximate surface area is 203 Å². The smallest absolute Gasteiger partial charge is 0.488 e. The summed E-state index contributed by atoms with van der Waals surface area (Å²) in [6.45, 7) is 6.77. The van der Waals surface area contributed by atoms with Crippen LogP contribution in [0.4, 0.5) is 13.2 Å². The molecule has 0 aliphatic heterocycles. The van der Waals surface area contributed by atoms with Crippen molar-refractivity contribution in [2.45, 2.75) is 39.2 Å². The fourth-order valence-corrected chi connectivity index (χ4v) is 3.33. The van der Waals surface area contributed by atoms with Crippen LogP contribution in [0.5, 0.6) is 11.5 Å². The molecule has 0 radical (unpaired) electrons. The third kappa shape index (κ3) is 7.64. The summed E-state index contributed by atoms with van der Waals surface area (Å²) >= 11 is 0. The van der Waals surface area contributed by atoms with Crippen molar-refractivity contribution in [3.8, 4) is 22.6 Å². The van der Waals surface area contributed by atoms with Gasteiger partial charge in [0.1, 0.15) is 18.1 Å². The molecule has 0 aliphatic carbocycles. The Morgan fingerprint density at radius 3 is 2.09 bits per heavy atom. The van der Waals surface area contributed by atoms with Gasteiger partial charge >= 0.3 is 12.3 Å². The predicted molar refractivity (Wildman–Crippen MR) is 129 cm³/mol. The highest BCUT2D eigenvalue weighted by atomic mass is 19.4. The third-order valence-corrected chi connectivity index (χ3v) is 5.25. The van der Waals surface area contributed by atoms with Gasteiger partial charge in [0, 0.05) is 11.6 Å². The highest BCUT2D eigenvalue weighted by Crippen LogP contribution is 2.31. The first-order valence-corrected chi connectivity index (χ1v) is 10.9. The molecule has 0 aliphatic rings. The van der Waals surface area contributed by atoms with Gasteiger partial charge in [0.15, 0.2) is 0 Å². The van der Waals surface area contributed by atoms with E-state index in [1.807, 2.05) is 12.1 Å². The van der Waals surface area contributed by atoms with Gasteiger partial charge < -0.3 is 14.2 Å². The molecule has 0 fully saturated rings. The number of hydrogen-bond acceptors (Lipinski definition) is 4. The van der Waals surface area contributed by atoms with Crippen LogP contribution in [0, 0.1) is 0 Å². The highest BCUT2D eigenvalue weighted by Gasteiger charge is 2.31. The molecule has 35 heavy (non-hydrogen) atoms. The Morgan fingerprint density at radius 1 is 0.886 bits per heavy atom. The molecular formula is C28H27F3O4. The standard InChI is InChI=1S/C28H27F3O4/c1-27(2,3)23-11-5-19(6-12-23)18-34-25-15-9-21(17-22(25)10-16-26(32)33-4)20-7-13-24(14-8-20)35-28(29,30)31/h5-17H,18H2,1-4H3/b16-10-. The molecule has 0 spiro atoms. The molecule has 7 heteroatoms. The van der Waals surface area contributed by atoms with E-state index >= 15 is 0 Å². The van der Waals surface area contributed by atoms with Crippen LogP contribution in [0.3, 0.4) is 0 Å². The van der Waals surface area contributed by atoms with E-state index < -0.39 is 12.3 Å². The number of carbonyl (C=O) groups is 1. The minimum Gasteiger partial charge on any atom is -0.488 e. The largest absolute Gasteiger partial charge is 0.573 e. The second-order valence-corrected chi connectivity index (χ2v) is 8.92. The van der Waals surface area contributed by atoms with Crippen molar-refractivity contribution in [1.82, 2.24) is 0 Å². The normalized spacial score (nSPS) is 12.0. The van der Waals surface area contributed by atoms with Gasteiger partial charge in [0.05, 0.1) is 7.11 Å². The molecule has 0 N–H and O–H groups in total. The second kappa shape index (κ2) is 10.7. The monoisotopic (exact) mass is 484 g/mol. The molecule has 0 aromatic heterocycles. The van der Waals surface area contributed by atoms with Crippen molar-refractivity contribution >= 4 is 12.0 Å². The molecule has 0 saturated heterocycles. The van der Waals surface area contributed by atoms with Crippen LogP contribution in [0.15, 0.2) is 72.8 Å². The van der Waals surface area contributed by atoms with Crippen LogP contribution in [0.1, 0.15) is 37.5 Å². The van der Waals surface area contributed by atoms with Crippen molar-refractivity contribution in [1.29, 1.82) is 0 Å². The fraction of sp³-hybridized carbons (Fsp3) is 0.250. The van der Waals surface area contributed by atoms with Gasteiger partial charge in [-0.3, -0.25) is 0 Å².